The third-order valence-corrected chi connectivity index (χ3v) is 5.70. The monoisotopic (exact) mass is 288 g/mol. The van der Waals surface area contributed by atoms with Crippen LogP contribution in [-0.2, 0) is 0 Å². The van der Waals surface area contributed by atoms with E-state index in [1.807, 2.05) is 0 Å². The third kappa shape index (κ3) is 1.53. The fraction of sp³-hybridized carbons (Fsp3) is 0.588. The van der Waals surface area contributed by atoms with E-state index in [1.54, 1.807) is 6.07 Å². The van der Waals surface area contributed by atoms with E-state index in [4.69, 9.17) is 9.47 Å². The lowest BCUT2D eigenvalue weighted by Gasteiger charge is -2.42. The minimum absolute atomic E-state index is 0.0587. The van der Waals surface area contributed by atoms with Crippen molar-refractivity contribution in [2.45, 2.75) is 57.2 Å². The lowest BCUT2D eigenvalue weighted by molar-refractivity contribution is -0.0194. The molecule has 0 aromatic heterocycles. The zero-order valence-electron chi connectivity index (χ0n) is 12.6. The van der Waals surface area contributed by atoms with Crippen LogP contribution >= 0.6 is 0 Å². The molecule has 0 amide bonds. The van der Waals surface area contributed by atoms with Crippen molar-refractivity contribution < 1.29 is 19.4 Å². The Morgan fingerprint density at radius 1 is 1.33 bits per heavy atom. The summed E-state index contributed by atoms with van der Waals surface area (Å²) in [6.45, 7) is 6.29. The first-order valence-corrected chi connectivity index (χ1v) is 7.59. The van der Waals surface area contributed by atoms with Gasteiger partial charge in [0.25, 0.3) is 0 Å². The van der Waals surface area contributed by atoms with E-state index < -0.39 is 0 Å². The van der Waals surface area contributed by atoms with Gasteiger partial charge in [0.2, 0.25) is 0 Å². The van der Waals surface area contributed by atoms with Gasteiger partial charge in [0.15, 0.2) is 6.29 Å². The molecule has 2 bridgehead atoms. The Hall–Kier alpha value is -1.71. The largest absolute Gasteiger partial charge is 0.507 e. The second kappa shape index (κ2) is 3.73. The van der Waals surface area contributed by atoms with Crippen LogP contribution in [-0.4, -0.2) is 22.6 Å². The number of aromatic hydroxyl groups is 1. The molecule has 2 heterocycles. The molecule has 1 saturated carbocycles. The Morgan fingerprint density at radius 3 is 2.81 bits per heavy atom. The van der Waals surface area contributed by atoms with Crippen LogP contribution in [0, 0.1) is 5.92 Å². The maximum absolute atomic E-state index is 11.4. The van der Waals surface area contributed by atoms with Crippen molar-refractivity contribution in [3.05, 3.63) is 17.2 Å². The van der Waals surface area contributed by atoms with Crippen molar-refractivity contribution in [2.24, 2.45) is 5.92 Å². The molecule has 1 aliphatic carbocycles. The number of benzene rings is 1. The Labute approximate surface area is 124 Å². The molecule has 0 radical (unpaired) electrons. The predicted molar refractivity (Wildman–Crippen MR) is 77.3 cm³/mol. The molecule has 4 heteroatoms. The molecule has 2 aliphatic heterocycles. The van der Waals surface area contributed by atoms with Crippen molar-refractivity contribution in [1.82, 2.24) is 0 Å². The highest BCUT2D eigenvalue weighted by Gasteiger charge is 2.55. The average molecular weight is 288 g/mol. The van der Waals surface area contributed by atoms with E-state index in [9.17, 15) is 9.90 Å². The van der Waals surface area contributed by atoms with Crippen molar-refractivity contribution >= 4 is 6.29 Å². The predicted octanol–water partition coefficient (Wildman–Crippen LogP) is 3.41. The molecule has 3 unspecified atom stereocenters. The Kier molecular flexibility index (Phi) is 2.31. The van der Waals surface area contributed by atoms with Gasteiger partial charge in [-0.2, -0.15) is 0 Å². The van der Waals surface area contributed by atoms with Crippen LogP contribution in [0.5, 0.6) is 17.2 Å². The maximum atomic E-state index is 11.4. The lowest BCUT2D eigenvalue weighted by atomic mass is 9.67. The van der Waals surface area contributed by atoms with Crippen LogP contribution in [0.25, 0.3) is 0 Å². The van der Waals surface area contributed by atoms with Crippen LogP contribution in [0.2, 0.25) is 0 Å². The number of carbonyl (C=O) groups excluding carboxylic acids is 1. The second-order valence-corrected chi connectivity index (χ2v) is 7.31. The quantitative estimate of drug-likeness (QED) is 0.805. The number of fused-ring (bicyclic) bond motifs is 1. The maximum Gasteiger partial charge on any atom is 0.157 e. The molecule has 0 saturated heterocycles. The minimum Gasteiger partial charge on any atom is -0.507 e. The normalized spacial score (nSPS) is 34.6. The van der Waals surface area contributed by atoms with E-state index in [-0.39, 0.29) is 28.4 Å². The summed E-state index contributed by atoms with van der Waals surface area (Å²) < 4.78 is 12.4. The zero-order valence-corrected chi connectivity index (χ0v) is 12.6. The number of hydrogen-bond acceptors (Lipinski definition) is 4. The molecular formula is C17H20O4. The molecule has 21 heavy (non-hydrogen) atoms. The fourth-order valence-corrected chi connectivity index (χ4v) is 4.35. The summed E-state index contributed by atoms with van der Waals surface area (Å²) in [4.78, 5) is 11.4. The van der Waals surface area contributed by atoms with Gasteiger partial charge in [0.05, 0.1) is 5.56 Å². The first-order valence-electron chi connectivity index (χ1n) is 7.59. The SMILES string of the molecule is CC1(C)Oc2c(C=O)c(O)cc3c2C2CC1CCC2(C)O3. The van der Waals surface area contributed by atoms with Gasteiger partial charge in [-0.1, -0.05) is 0 Å². The molecule has 4 rings (SSSR count). The molecule has 1 aromatic carbocycles. The van der Waals surface area contributed by atoms with Gasteiger partial charge in [-0.15, -0.1) is 0 Å². The average Bonchev–Trinajstić information content (AvgIpc) is 2.63. The van der Waals surface area contributed by atoms with Crippen molar-refractivity contribution in [3.8, 4) is 17.2 Å². The first-order chi connectivity index (χ1) is 9.86. The zero-order chi connectivity index (χ0) is 15.0. The third-order valence-electron chi connectivity index (χ3n) is 5.70. The minimum atomic E-state index is -0.342. The Balaban J connectivity index is 2.03. The van der Waals surface area contributed by atoms with Gasteiger partial charge in [0.1, 0.15) is 28.5 Å². The van der Waals surface area contributed by atoms with Crippen LogP contribution in [0.1, 0.15) is 61.9 Å². The fourth-order valence-electron chi connectivity index (χ4n) is 4.35. The molecule has 3 atom stereocenters. The Bertz CT molecular complexity index is 649. The number of carbonyl (C=O) groups is 1. The topological polar surface area (TPSA) is 55.8 Å². The summed E-state index contributed by atoms with van der Waals surface area (Å²) in [7, 11) is 0. The van der Waals surface area contributed by atoms with Gasteiger partial charge in [-0.05, 0) is 46.0 Å². The van der Waals surface area contributed by atoms with Gasteiger partial charge in [-0.25, -0.2) is 0 Å². The van der Waals surface area contributed by atoms with Gasteiger partial charge in [0, 0.05) is 17.5 Å². The highest BCUT2D eigenvalue weighted by Crippen LogP contribution is 2.61. The van der Waals surface area contributed by atoms with E-state index >= 15 is 0 Å². The molecular weight excluding hydrogens is 268 g/mol. The summed E-state index contributed by atoms with van der Waals surface area (Å²) in [5.74, 6) is 1.82. The van der Waals surface area contributed by atoms with Crippen molar-refractivity contribution in [2.75, 3.05) is 0 Å². The highest BCUT2D eigenvalue weighted by atomic mass is 16.5. The summed E-state index contributed by atoms with van der Waals surface area (Å²) in [6, 6.07) is 1.57. The molecule has 1 aromatic rings. The molecule has 4 nitrogen and oxygen atoms in total. The summed E-state index contributed by atoms with van der Waals surface area (Å²) in [5.41, 5.74) is 0.644. The Morgan fingerprint density at radius 2 is 2.10 bits per heavy atom. The molecule has 1 N–H and O–H groups in total. The van der Waals surface area contributed by atoms with Crippen LogP contribution in [0.4, 0.5) is 0 Å². The summed E-state index contributed by atoms with van der Waals surface area (Å²) >= 11 is 0. The molecule has 1 fully saturated rings. The van der Waals surface area contributed by atoms with Gasteiger partial charge in [-0.3, -0.25) is 4.79 Å². The van der Waals surface area contributed by atoms with Crippen LogP contribution in [0.3, 0.4) is 0 Å². The van der Waals surface area contributed by atoms with Crippen molar-refractivity contribution in [3.63, 3.8) is 0 Å². The number of phenolic OH excluding ortho intramolecular Hbond substituents is 1. The van der Waals surface area contributed by atoms with E-state index in [0.717, 1.165) is 24.8 Å². The molecule has 112 valence electrons. The lowest BCUT2D eigenvalue weighted by Crippen LogP contribution is -2.45. The van der Waals surface area contributed by atoms with Gasteiger partial charge < -0.3 is 14.6 Å². The summed E-state index contributed by atoms with van der Waals surface area (Å²) in [5, 5.41) is 10.1. The smallest absolute Gasteiger partial charge is 0.157 e. The number of ether oxygens (including phenoxy) is 2. The van der Waals surface area contributed by atoms with Crippen LogP contribution < -0.4 is 9.47 Å². The van der Waals surface area contributed by atoms with E-state index in [2.05, 4.69) is 20.8 Å². The van der Waals surface area contributed by atoms with Crippen LogP contribution in [0.15, 0.2) is 6.07 Å². The number of aldehydes is 1. The highest BCUT2D eigenvalue weighted by molar-refractivity contribution is 5.86. The second-order valence-electron chi connectivity index (χ2n) is 7.31. The number of hydrogen-bond donors (Lipinski definition) is 1. The number of rotatable bonds is 1. The number of phenols is 1. The molecule has 3 aliphatic rings. The van der Waals surface area contributed by atoms with E-state index in [1.165, 1.54) is 0 Å². The van der Waals surface area contributed by atoms with Gasteiger partial charge >= 0.3 is 0 Å². The van der Waals surface area contributed by atoms with E-state index in [0.29, 0.717) is 23.7 Å². The first kappa shape index (κ1) is 13.0. The molecule has 0 spiro atoms. The standard InChI is InChI=1S/C17H20O4/c1-16(2)9-4-5-17(3)11(6-9)14-13(20-17)7-12(19)10(8-18)15(14)21-16/h7-9,11,19H,4-6H2,1-3H3. The summed E-state index contributed by atoms with van der Waals surface area (Å²) in [6.07, 6.45) is 3.72. The van der Waals surface area contributed by atoms with Crippen molar-refractivity contribution in [1.29, 1.82) is 0 Å².